The Hall–Kier alpha value is -3.86. The topological polar surface area (TPSA) is 65.7 Å². The van der Waals surface area contributed by atoms with E-state index in [9.17, 15) is 9.59 Å². The zero-order chi connectivity index (χ0) is 24.6. The van der Waals surface area contributed by atoms with Gasteiger partial charge in [0, 0.05) is 17.5 Å². The average Bonchev–Trinajstić information content (AvgIpc) is 2.89. The van der Waals surface area contributed by atoms with Crippen LogP contribution in [0.4, 0.5) is 0 Å². The molecule has 0 saturated carbocycles. The highest BCUT2D eigenvalue weighted by atomic mass is 16.5. The minimum atomic E-state index is -0.392. The summed E-state index contributed by atoms with van der Waals surface area (Å²) in [7, 11) is 1.36. The van der Waals surface area contributed by atoms with Crippen molar-refractivity contribution in [2.45, 2.75) is 45.6 Å². The molecule has 0 aliphatic heterocycles. The molecule has 0 aliphatic rings. The number of carbonyl (C=O) groups excluding carboxylic acids is 1. The Labute approximate surface area is 205 Å². The molecule has 4 aromatic rings. The SMILES string of the molecule is CCCCCCc1cc2c(-c3ccccc3)cc(=O)oc2cc1OCc1ccc(C(=O)OC)cc1. The summed E-state index contributed by atoms with van der Waals surface area (Å²) in [5.74, 6) is 0.338. The number of rotatable bonds is 10. The van der Waals surface area contributed by atoms with Crippen LogP contribution in [-0.4, -0.2) is 13.1 Å². The van der Waals surface area contributed by atoms with Crippen LogP contribution < -0.4 is 10.4 Å². The lowest BCUT2D eigenvalue weighted by Crippen LogP contribution is -2.04. The monoisotopic (exact) mass is 470 g/mol. The Bertz CT molecular complexity index is 1340. The molecule has 1 aromatic heterocycles. The summed E-state index contributed by atoms with van der Waals surface area (Å²) in [5, 5.41) is 0.899. The molecule has 0 spiro atoms. The number of fused-ring (bicyclic) bond motifs is 1. The summed E-state index contributed by atoms with van der Waals surface area (Å²) in [4.78, 5) is 24.1. The molecule has 5 nitrogen and oxygen atoms in total. The third-order valence-electron chi connectivity index (χ3n) is 6.08. The summed E-state index contributed by atoms with van der Waals surface area (Å²) in [6, 6.07) is 22.5. The third kappa shape index (κ3) is 5.99. The molecule has 35 heavy (non-hydrogen) atoms. The van der Waals surface area contributed by atoms with Gasteiger partial charge in [-0.15, -0.1) is 0 Å². The van der Waals surface area contributed by atoms with Crippen molar-refractivity contribution in [3.63, 3.8) is 0 Å². The predicted molar refractivity (Wildman–Crippen MR) is 138 cm³/mol. The minimum absolute atomic E-state index is 0.331. The highest BCUT2D eigenvalue weighted by Crippen LogP contribution is 2.33. The van der Waals surface area contributed by atoms with Crippen LogP contribution in [0, 0.1) is 0 Å². The fraction of sp³-hybridized carbons (Fsp3) is 0.267. The van der Waals surface area contributed by atoms with E-state index in [4.69, 9.17) is 13.9 Å². The number of esters is 1. The number of aryl methyl sites for hydroxylation is 1. The largest absolute Gasteiger partial charge is 0.488 e. The van der Waals surface area contributed by atoms with Gasteiger partial charge in [0.05, 0.1) is 12.7 Å². The van der Waals surface area contributed by atoms with Crippen molar-refractivity contribution in [2.75, 3.05) is 7.11 Å². The van der Waals surface area contributed by atoms with E-state index in [0.29, 0.717) is 23.5 Å². The van der Waals surface area contributed by atoms with E-state index in [-0.39, 0.29) is 5.97 Å². The fourth-order valence-corrected chi connectivity index (χ4v) is 4.18. The van der Waals surface area contributed by atoms with Gasteiger partial charge >= 0.3 is 11.6 Å². The second-order valence-corrected chi connectivity index (χ2v) is 8.59. The zero-order valence-electron chi connectivity index (χ0n) is 20.2. The lowest BCUT2D eigenvalue weighted by atomic mass is 9.98. The van der Waals surface area contributed by atoms with Gasteiger partial charge in [0.2, 0.25) is 0 Å². The van der Waals surface area contributed by atoms with Gasteiger partial charge in [-0.25, -0.2) is 9.59 Å². The summed E-state index contributed by atoms with van der Waals surface area (Å²) < 4.78 is 16.6. The number of hydrogen-bond acceptors (Lipinski definition) is 5. The van der Waals surface area contributed by atoms with E-state index in [2.05, 4.69) is 13.0 Å². The van der Waals surface area contributed by atoms with E-state index in [0.717, 1.165) is 46.9 Å². The molecule has 0 aliphatic carbocycles. The summed E-state index contributed by atoms with van der Waals surface area (Å²) >= 11 is 0. The minimum Gasteiger partial charge on any atom is -0.488 e. The Morgan fingerprint density at radius 2 is 1.69 bits per heavy atom. The molecule has 4 rings (SSSR count). The molecule has 0 saturated heterocycles. The molecule has 3 aromatic carbocycles. The smallest absolute Gasteiger partial charge is 0.337 e. The average molecular weight is 471 g/mol. The Kier molecular flexibility index (Phi) is 7.99. The molecule has 180 valence electrons. The van der Waals surface area contributed by atoms with Crippen LogP contribution in [0.2, 0.25) is 0 Å². The highest BCUT2D eigenvalue weighted by Gasteiger charge is 2.14. The first-order valence-electron chi connectivity index (χ1n) is 12.0. The maximum absolute atomic E-state index is 12.4. The van der Waals surface area contributed by atoms with Crippen LogP contribution in [0.5, 0.6) is 5.75 Å². The second-order valence-electron chi connectivity index (χ2n) is 8.59. The van der Waals surface area contributed by atoms with Crippen LogP contribution >= 0.6 is 0 Å². The zero-order valence-corrected chi connectivity index (χ0v) is 20.2. The third-order valence-corrected chi connectivity index (χ3v) is 6.08. The normalized spacial score (nSPS) is 10.9. The van der Waals surface area contributed by atoms with Gasteiger partial charge < -0.3 is 13.9 Å². The first-order valence-corrected chi connectivity index (χ1v) is 12.0. The highest BCUT2D eigenvalue weighted by molar-refractivity contribution is 5.94. The van der Waals surface area contributed by atoms with Gasteiger partial charge in [0.15, 0.2) is 0 Å². The molecule has 0 atom stereocenters. The van der Waals surface area contributed by atoms with E-state index < -0.39 is 5.63 Å². The number of methoxy groups -OCH3 is 1. The van der Waals surface area contributed by atoms with Gasteiger partial charge in [0.25, 0.3) is 0 Å². The van der Waals surface area contributed by atoms with Crippen molar-refractivity contribution in [2.24, 2.45) is 0 Å². The second kappa shape index (κ2) is 11.5. The van der Waals surface area contributed by atoms with E-state index in [1.165, 1.54) is 20.0 Å². The maximum atomic E-state index is 12.4. The van der Waals surface area contributed by atoms with E-state index in [1.807, 2.05) is 48.5 Å². The van der Waals surface area contributed by atoms with Crippen molar-refractivity contribution in [3.8, 4) is 16.9 Å². The molecule has 0 unspecified atom stereocenters. The van der Waals surface area contributed by atoms with Gasteiger partial charge in [-0.3, -0.25) is 0 Å². The quantitative estimate of drug-likeness (QED) is 0.143. The molecule has 0 bridgehead atoms. The molecule has 0 amide bonds. The Morgan fingerprint density at radius 1 is 0.914 bits per heavy atom. The van der Waals surface area contributed by atoms with Gasteiger partial charge in [-0.1, -0.05) is 68.7 Å². The lowest BCUT2D eigenvalue weighted by molar-refractivity contribution is 0.0600. The van der Waals surface area contributed by atoms with Crippen LogP contribution in [-0.2, 0) is 17.8 Å². The standard InChI is InChI=1S/C30H30O5/c1-3-4-5-7-12-24-17-26-25(22-10-8-6-9-11-22)18-29(31)35-28(26)19-27(24)34-20-21-13-15-23(16-14-21)30(32)33-2/h6,8-11,13-19H,3-5,7,12,20H2,1-2H3. The van der Waals surface area contributed by atoms with Crippen molar-refractivity contribution in [3.05, 3.63) is 99.9 Å². The lowest BCUT2D eigenvalue weighted by Gasteiger charge is -2.15. The number of unbranched alkanes of at least 4 members (excludes halogenated alkanes) is 3. The summed E-state index contributed by atoms with van der Waals surface area (Å²) in [6.07, 6.45) is 5.45. The maximum Gasteiger partial charge on any atom is 0.337 e. The molecular formula is C30H30O5. The Balaban J connectivity index is 1.67. The molecule has 0 radical (unpaired) electrons. The molecule has 5 heteroatoms. The van der Waals surface area contributed by atoms with Crippen molar-refractivity contribution < 1.29 is 18.7 Å². The van der Waals surface area contributed by atoms with E-state index >= 15 is 0 Å². The first kappa shape index (κ1) is 24.3. The van der Waals surface area contributed by atoms with E-state index in [1.54, 1.807) is 18.2 Å². The van der Waals surface area contributed by atoms with Gasteiger partial charge in [-0.05, 0) is 53.3 Å². The number of benzene rings is 3. The summed E-state index contributed by atoms with van der Waals surface area (Å²) in [5.41, 5.74) is 4.45. The van der Waals surface area contributed by atoms with Crippen molar-refractivity contribution >= 4 is 16.9 Å². The number of carbonyl (C=O) groups is 1. The molecule has 1 heterocycles. The van der Waals surface area contributed by atoms with Gasteiger partial charge in [-0.2, -0.15) is 0 Å². The first-order chi connectivity index (χ1) is 17.1. The van der Waals surface area contributed by atoms with Gasteiger partial charge in [0.1, 0.15) is 17.9 Å². The number of hydrogen-bond donors (Lipinski definition) is 0. The fourth-order valence-electron chi connectivity index (χ4n) is 4.18. The molecular weight excluding hydrogens is 440 g/mol. The van der Waals surface area contributed by atoms with Crippen LogP contribution in [0.3, 0.4) is 0 Å². The van der Waals surface area contributed by atoms with Crippen LogP contribution in [0.25, 0.3) is 22.1 Å². The molecule has 0 N–H and O–H groups in total. The van der Waals surface area contributed by atoms with Crippen LogP contribution in [0.15, 0.2) is 82.0 Å². The molecule has 0 fully saturated rings. The Morgan fingerprint density at radius 3 is 2.40 bits per heavy atom. The summed E-state index contributed by atoms with van der Waals surface area (Å²) in [6.45, 7) is 2.53. The van der Waals surface area contributed by atoms with Crippen molar-refractivity contribution in [1.82, 2.24) is 0 Å². The predicted octanol–water partition coefficient (Wildman–Crippen LogP) is 6.95. The van der Waals surface area contributed by atoms with Crippen LogP contribution in [0.1, 0.15) is 54.1 Å². The van der Waals surface area contributed by atoms with Crippen molar-refractivity contribution in [1.29, 1.82) is 0 Å². The number of ether oxygens (including phenoxy) is 2.